The van der Waals surface area contributed by atoms with Crippen molar-refractivity contribution in [2.75, 3.05) is 18.0 Å². The largest absolute Gasteiger partial charge is 0.350 e. The molecule has 0 saturated carbocycles. The molecule has 0 bridgehead atoms. The lowest BCUT2D eigenvalue weighted by Crippen LogP contribution is -2.30. The highest BCUT2D eigenvalue weighted by atomic mass is 35.5. The van der Waals surface area contributed by atoms with Crippen LogP contribution < -0.4 is 4.90 Å². The SMILES string of the molecule is Clc1ccc(N2CCN(Cc3ccccc3)C2c2ccccc2)cc1. The molecule has 1 saturated heterocycles. The molecule has 1 fully saturated rings. The Labute approximate surface area is 154 Å². The molecule has 0 amide bonds. The second-order valence-electron chi connectivity index (χ2n) is 6.41. The predicted octanol–water partition coefficient (Wildman–Crippen LogP) is 5.36. The number of nitrogens with zero attached hydrogens (tertiary/aromatic N) is 2. The zero-order valence-corrected chi connectivity index (χ0v) is 14.8. The van der Waals surface area contributed by atoms with Gasteiger partial charge in [0.05, 0.1) is 0 Å². The lowest BCUT2D eigenvalue weighted by atomic mass is 10.1. The van der Waals surface area contributed by atoms with Crippen molar-refractivity contribution >= 4 is 17.3 Å². The van der Waals surface area contributed by atoms with Gasteiger partial charge in [-0.25, -0.2) is 0 Å². The number of anilines is 1. The van der Waals surface area contributed by atoms with Gasteiger partial charge >= 0.3 is 0 Å². The van der Waals surface area contributed by atoms with Crippen molar-refractivity contribution in [3.8, 4) is 0 Å². The van der Waals surface area contributed by atoms with Crippen molar-refractivity contribution in [1.82, 2.24) is 4.90 Å². The maximum Gasteiger partial charge on any atom is 0.109 e. The highest BCUT2D eigenvalue weighted by Gasteiger charge is 2.33. The topological polar surface area (TPSA) is 6.48 Å². The molecule has 3 heteroatoms. The number of benzene rings is 3. The van der Waals surface area contributed by atoms with Gasteiger partial charge in [-0.15, -0.1) is 0 Å². The van der Waals surface area contributed by atoms with E-state index in [1.807, 2.05) is 12.1 Å². The summed E-state index contributed by atoms with van der Waals surface area (Å²) in [6.45, 7) is 3.00. The minimum atomic E-state index is 0.239. The van der Waals surface area contributed by atoms with Crippen LogP contribution in [0.1, 0.15) is 17.3 Å². The van der Waals surface area contributed by atoms with Crippen molar-refractivity contribution in [3.05, 3.63) is 101 Å². The lowest BCUT2D eigenvalue weighted by molar-refractivity contribution is 0.250. The van der Waals surface area contributed by atoms with Crippen LogP contribution in [-0.2, 0) is 6.54 Å². The van der Waals surface area contributed by atoms with E-state index in [1.54, 1.807) is 0 Å². The molecule has 0 radical (unpaired) electrons. The van der Waals surface area contributed by atoms with Crippen LogP contribution >= 0.6 is 11.6 Å². The summed E-state index contributed by atoms with van der Waals surface area (Å²) in [5.74, 6) is 0. The first-order chi connectivity index (χ1) is 12.3. The molecule has 3 aromatic carbocycles. The van der Waals surface area contributed by atoms with E-state index in [1.165, 1.54) is 16.8 Å². The third-order valence-corrected chi connectivity index (χ3v) is 5.01. The van der Waals surface area contributed by atoms with E-state index in [0.717, 1.165) is 24.7 Å². The van der Waals surface area contributed by atoms with Crippen LogP contribution in [0.2, 0.25) is 5.02 Å². The van der Waals surface area contributed by atoms with Gasteiger partial charge in [-0.05, 0) is 35.4 Å². The number of hydrogen-bond donors (Lipinski definition) is 0. The third kappa shape index (κ3) is 3.55. The van der Waals surface area contributed by atoms with E-state index in [2.05, 4.69) is 82.6 Å². The summed E-state index contributed by atoms with van der Waals surface area (Å²) >= 11 is 6.08. The second-order valence-corrected chi connectivity index (χ2v) is 6.85. The van der Waals surface area contributed by atoms with Gasteiger partial charge in [0.1, 0.15) is 6.17 Å². The molecular formula is C22H21ClN2. The molecule has 1 aliphatic rings. The maximum atomic E-state index is 6.08. The number of halogens is 1. The summed E-state index contributed by atoms with van der Waals surface area (Å²) in [6, 6.07) is 29.6. The average Bonchev–Trinajstić information content (AvgIpc) is 3.07. The van der Waals surface area contributed by atoms with Crippen molar-refractivity contribution in [2.45, 2.75) is 12.7 Å². The van der Waals surface area contributed by atoms with E-state index in [4.69, 9.17) is 11.6 Å². The maximum absolute atomic E-state index is 6.08. The van der Waals surface area contributed by atoms with Gasteiger partial charge in [-0.1, -0.05) is 72.3 Å². The summed E-state index contributed by atoms with van der Waals surface area (Å²) < 4.78 is 0. The van der Waals surface area contributed by atoms with Crippen LogP contribution in [0, 0.1) is 0 Å². The van der Waals surface area contributed by atoms with Crippen molar-refractivity contribution in [1.29, 1.82) is 0 Å². The minimum Gasteiger partial charge on any atom is -0.350 e. The van der Waals surface area contributed by atoms with Crippen molar-refractivity contribution in [3.63, 3.8) is 0 Å². The monoisotopic (exact) mass is 348 g/mol. The Morgan fingerprint density at radius 2 is 1.40 bits per heavy atom. The van der Waals surface area contributed by atoms with E-state index in [9.17, 15) is 0 Å². The highest BCUT2D eigenvalue weighted by Crippen LogP contribution is 2.35. The molecule has 0 aromatic heterocycles. The Morgan fingerprint density at radius 3 is 2.08 bits per heavy atom. The van der Waals surface area contributed by atoms with Crippen molar-refractivity contribution < 1.29 is 0 Å². The molecule has 126 valence electrons. The molecule has 4 rings (SSSR count). The van der Waals surface area contributed by atoms with Crippen LogP contribution in [0.4, 0.5) is 5.69 Å². The summed E-state index contributed by atoms with van der Waals surface area (Å²) in [7, 11) is 0. The Bertz CT molecular complexity index is 802. The van der Waals surface area contributed by atoms with Crippen LogP contribution in [0.15, 0.2) is 84.9 Å². The molecule has 0 spiro atoms. The van der Waals surface area contributed by atoms with Crippen LogP contribution in [-0.4, -0.2) is 18.0 Å². The summed E-state index contributed by atoms with van der Waals surface area (Å²) in [6.07, 6.45) is 0.239. The molecule has 2 nitrogen and oxygen atoms in total. The summed E-state index contributed by atoms with van der Waals surface area (Å²) in [5, 5.41) is 0.778. The molecule has 1 unspecified atom stereocenters. The Kier molecular flexibility index (Phi) is 4.73. The zero-order valence-electron chi connectivity index (χ0n) is 14.1. The minimum absolute atomic E-state index is 0.239. The quantitative estimate of drug-likeness (QED) is 0.626. The van der Waals surface area contributed by atoms with Gasteiger partial charge in [0, 0.05) is 30.3 Å². The second kappa shape index (κ2) is 7.30. The predicted molar refractivity (Wildman–Crippen MR) is 105 cm³/mol. The number of rotatable bonds is 4. The molecule has 3 aromatic rings. The molecule has 1 heterocycles. The molecule has 1 aliphatic heterocycles. The molecular weight excluding hydrogens is 328 g/mol. The van der Waals surface area contributed by atoms with Crippen molar-refractivity contribution in [2.24, 2.45) is 0 Å². The van der Waals surface area contributed by atoms with Gasteiger partial charge in [0.25, 0.3) is 0 Å². The van der Waals surface area contributed by atoms with Gasteiger partial charge < -0.3 is 4.90 Å². The third-order valence-electron chi connectivity index (χ3n) is 4.75. The Morgan fingerprint density at radius 1 is 0.760 bits per heavy atom. The fourth-order valence-electron chi connectivity index (χ4n) is 3.58. The summed E-state index contributed by atoms with van der Waals surface area (Å²) in [4.78, 5) is 5.01. The Balaban J connectivity index is 1.66. The lowest BCUT2D eigenvalue weighted by Gasteiger charge is -2.32. The van der Waals surface area contributed by atoms with Crippen LogP contribution in [0.25, 0.3) is 0 Å². The smallest absolute Gasteiger partial charge is 0.109 e. The molecule has 0 aliphatic carbocycles. The van der Waals surface area contributed by atoms with Gasteiger partial charge in [0.2, 0.25) is 0 Å². The zero-order chi connectivity index (χ0) is 17.1. The number of hydrogen-bond acceptors (Lipinski definition) is 2. The van der Waals surface area contributed by atoms with Gasteiger partial charge in [-0.2, -0.15) is 0 Å². The normalized spacial score (nSPS) is 17.8. The van der Waals surface area contributed by atoms with Gasteiger partial charge in [-0.3, -0.25) is 4.90 Å². The molecule has 25 heavy (non-hydrogen) atoms. The van der Waals surface area contributed by atoms with E-state index >= 15 is 0 Å². The first-order valence-corrected chi connectivity index (χ1v) is 9.04. The molecule has 1 atom stereocenters. The standard InChI is InChI=1S/C22H21ClN2/c23-20-11-13-21(14-12-20)25-16-15-24(17-18-7-3-1-4-8-18)22(25)19-9-5-2-6-10-19/h1-14,22H,15-17H2. The van der Waals surface area contributed by atoms with E-state index in [0.29, 0.717) is 0 Å². The summed E-state index contributed by atoms with van der Waals surface area (Å²) in [5.41, 5.74) is 3.89. The fourth-order valence-corrected chi connectivity index (χ4v) is 3.71. The molecule has 0 N–H and O–H groups in total. The van der Waals surface area contributed by atoms with Crippen LogP contribution in [0.5, 0.6) is 0 Å². The first-order valence-electron chi connectivity index (χ1n) is 8.66. The van der Waals surface area contributed by atoms with Crippen LogP contribution in [0.3, 0.4) is 0 Å². The Hall–Kier alpha value is -2.29. The first kappa shape index (κ1) is 16.2. The van der Waals surface area contributed by atoms with Gasteiger partial charge in [0.15, 0.2) is 0 Å². The fraction of sp³-hybridized carbons (Fsp3) is 0.182. The van der Waals surface area contributed by atoms with E-state index in [-0.39, 0.29) is 6.17 Å². The highest BCUT2D eigenvalue weighted by molar-refractivity contribution is 6.30. The van der Waals surface area contributed by atoms with E-state index < -0.39 is 0 Å². The average molecular weight is 349 g/mol.